The molecule has 0 amide bonds. The van der Waals surface area contributed by atoms with E-state index in [-0.39, 0.29) is 11.4 Å². The molecule has 0 bridgehead atoms. The van der Waals surface area contributed by atoms with Crippen molar-refractivity contribution in [1.82, 2.24) is 10.1 Å². The van der Waals surface area contributed by atoms with Crippen LogP contribution in [0.5, 0.6) is 0 Å². The first-order valence-corrected chi connectivity index (χ1v) is 4.58. The van der Waals surface area contributed by atoms with Gasteiger partial charge in [0.05, 0.1) is 6.04 Å². The molecule has 1 aromatic carbocycles. The quantitative estimate of drug-likeness (QED) is 0.844. The van der Waals surface area contributed by atoms with Crippen LogP contribution in [0.4, 0.5) is 8.78 Å². The molecule has 0 aliphatic carbocycles. The van der Waals surface area contributed by atoms with Gasteiger partial charge in [-0.2, -0.15) is 4.98 Å². The summed E-state index contributed by atoms with van der Waals surface area (Å²) in [5, 5.41) is 3.60. The minimum atomic E-state index is -0.803. The molecular formula is C10H9F2N3O. The van der Waals surface area contributed by atoms with Gasteiger partial charge in [-0.25, -0.2) is 8.78 Å². The minimum Gasteiger partial charge on any atom is -0.340 e. The summed E-state index contributed by atoms with van der Waals surface area (Å²) in [5.41, 5.74) is 6.01. The molecule has 84 valence electrons. The summed E-state index contributed by atoms with van der Waals surface area (Å²) in [6, 6.07) is 2.25. The molecule has 0 radical (unpaired) electrons. The van der Waals surface area contributed by atoms with Gasteiger partial charge in [-0.1, -0.05) is 5.16 Å². The van der Waals surface area contributed by atoms with Gasteiger partial charge in [0.15, 0.2) is 5.82 Å². The van der Waals surface area contributed by atoms with Crippen molar-refractivity contribution < 1.29 is 13.3 Å². The highest BCUT2D eigenvalue weighted by atomic mass is 19.1. The van der Waals surface area contributed by atoms with E-state index in [1.165, 1.54) is 0 Å². The van der Waals surface area contributed by atoms with Crippen LogP contribution in [-0.4, -0.2) is 10.1 Å². The van der Waals surface area contributed by atoms with Crippen molar-refractivity contribution in [2.75, 3.05) is 0 Å². The highest BCUT2D eigenvalue weighted by molar-refractivity contribution is 5.25. The van der Waals surface area contributed by atoms with Gasteiger partial charge < -0.3 is 10.3 Å². The third-order valence-corrected chi connectivity index (χ3v) is 2.07. The Morgan fingerprint density at radius 3 is 2.38 bits per heavy atom. The standard InChI is InChI=1S/C10H9F2N3O/c1-5-14-10(15-16-5)9(13)6-2-7(11)4-8(12)3-6/h2-4,9H,13H2,1H3. The molecule has 1 unspecified atom stereocenters. The summed E-state index contributed by atoms with van der Waals surface area (Å²) in [6.07, 6.45) is 0. The zero-order valence-corrected chi connectivity index (χ0v) is 8.45. The van der Waals surface area contributed by atoms with E-state index in [1.807, 2.05) is 0 Å². The predicted molar refractivity (Wildman–Crippen MR) is 51.4 cm³/mol. The molecule has 0 saturated carbocycles. The Morgan fingerprint density at radius 1 is 1.25 bits per heavy atom. The number of nitrogens with two attached hydrogens (primary N) is 1. The van der Waals surface area contributed by atoms with E-state index >= 15 is 0 Å². The van der Waals surface area contributed by atoms with Crippen molar-refractivity contribution in [2.45, 2.75) is 13.0 Å². The Hall–Kier alpha value is -1.82. The number of halogens is 2. The molecule has 2 N–H and O–H groups in total. The molecular weight excluding hydrogens is 216 g/mol. The van der Waals surface area contributed by atoms with Crippen LogP contribution in [0.1, 0.15) is 23.3 Å². The largest absolute Gasteiger partial charge is 0.340 e. The average Bonchev–Trinajstić information content (AvgIpc) is 2.62. The number of aryl methyl sites for hydroxylation is 1. The molecule has 1 heterocycles. The number of rotatable bonds is 2. The molecule has 6 heteroatoms. The molecule has 1 aromatic heterocycles. The molecule has 0 spiro atoms. The SMILES string of the molecule is Cc1nc(C(N)c2cc(F)cc(F)c2)no1. The van der Waals surface area contributed by atoms with Crippen LogP contribution in [0.15, 0.2) is 22.7 Å². The molecule has 2 rings (SSSR count). The van der Waals surface area contributed by atoms with Crippen molar-refractivity contribution in [1.29, 1.82) is 0 Å². The second kappa shape index (κ2) is 3.97. The molecule has 1 atom stereocenters. The van der Waals surface area contributed by atoms with Crippen LogP contribution in [0.2, 0.25) is 0 Å². The van der Waals surface area contributed by atoms with E-state index in [9.17, 15) is 8.78 Å². The highest BCUT2D eigenvalue weighted by Crippen LogP contribution is 2.19. The van der Waals surface area contributed by atoms with Crippen LogP contribution in [0.3, 0.4) is 0 Å². The molecule has 0 fully saturated rings. The Kier molecular flexibility index (Phi) is 2.66. The molecule has 0 aliphatic heterocycles. The first-order valence-electron chi connectivity index (χ1n) is 4.58. The average molecular weight is 225 g/mol. The van der Waals surface area contributed by atoms with Crippen LogP contribution < -0.4 is 5.73 Å². The molecule has 0 saturated heterocycles. The lowest BCUT2D eigenvalue weighted by atomic mass is 10.1. The minimum absolute atomic E-state index is 0.197. The maximum Gasteiger partial charge on any atom is 0.223 e. The summed E-state index contributed by atoms with van der Waals surface area (Å²) < 4.78 is 30.6. The monoisotopic (exact) mass is 225 g/mol. The zero-order chi connectivity index (χ0) is 11.7. The van der Waals surface area contributed by atoms with Gasteiger partial charge in [0.25, 0.3) is 0 Å². The van der Waals surface area contributed by atoms with Gasteiger partial charge in [-0.3, -0.25) is 0 Å². The van der Waals surface area contributed by atoms with Crippen molar-refractivity contribution >= 4 is 0 Å². The second-order valence-electron chi connectivity index (χ2n) is 3.35. The number of aromatic nitrogens is 2. The van der Waals surface area contributed by atoms with Crippen molar-refractivity contribution in [3.8, 4) is 0 Å². The van der Waals surface area contributed by atoms with Crippen LogP contribution in [0, 0.1) is 18.6 Å². The molecule has 2 aromatic rings. The first kappa shape index (κ1) is 10.7. The number of benzene rings is 1. The maximum absolute atomic E-state index is 12.9. The summed E-state index contributed by atoms with van der Waals surface area (Å²) in [5.74, 6) is -0.832. The topological polar surface area (TPSA) is 64.9 Å². The van der Waals surface area contributed by atoms with Crippen LogP contribution in [0.25, 0.3) is 0 Å². The second-order valence-corrected chi connectivity index (χ2v) is 3.35. The van der Waals surface area contributed by atoms with E-state index in [0.717, 1.165) is 18.2 Å². The van der Waals surface area contributed by atoms with Crippen LogP contribution >= 0.6 is 0 Å². The van der Waals surface area contributed by atoms with Crippen molar-refractivity contribution in [3.05, 3.63) is 47.1 Å². The number of nitrogens with zero attached hydrogens (tertiary/aromatic N) is 2. The Labute approximate surface area is 90.1 Å². The smallest absolute Gasteiger partial charge is 0.223 e. The van der Waals surface area contributed by atoms with Gasteiger partial charge in [-0.05, 0) is 17.7 Å². The fourth-order valence-electron chi connectivity index (χ4n) is 1.35. The van der Waals surface area contributed by atoms with Gasteiger partial charge >= 0.3 is 0 Å². The van der Waals surface area contributed by atoms with E-state index in [0.29, 0.717) is 5.89 Å². The fourth-order valence-corrected chi connectivity index (χ4v) is 1.35. The third kappa shape index (κ3) is 2.06. The van der Waals surface area contributed by atoms with Gasteiger partial charge in [-0.15, -0.1) is 0 Å². The van der Waals surface area contributed by atoms with Crippen molar-refractivity contribution in [2.24, 2.45) is 5.73 Å². The molecule has 16 heavy (non-hydrogen) atoms. The van der Waals surface area contributed by atoms with Gasteiger partial charge in [0, 0.05) is 13.0 Å². The predicted octanol–water partition coefficient (Wildman–Crippen LogP) is 1.70. The van der Waals surface area contributed by atoms with E-state index in [1.54, 1.807) is 6.92 Å². The van der Waals surface area contributed by atoms with Gasteiger partial charge in [0.1, 0.15) is 11.6 Å². The van der Waals surface area contributed by atoms with Gasteiger partial charge in [0.2, 0.25) is 5.89 Å². The van der Waals surface area contributed by atoms with E-state index < -0.39 is 17.7 Å². The zero-order valence-electron chi connectivity index (χ0n) is 8.45. The Balaban J connectivity index is 2.37. The lowest BCUT2D eigenvalue weighted by Crippen LogP contribution is -2.14. The van der Waals surface area contributed by atoms with Crippen molar-refractivity contribution in [3.63, 3.8) is 0 Å². The first-order chi connectivity index (χ1) is 7.56. The third-order valence-electron chi connectivity index (χ3n) is 2.07. The Morgan fingerprint density at radius 2 is 1.88 bits per heavy atom. The number of hydrogen-bond acceptors (Lipinski definition) is 4. The highest BCUT2D eigenvalue weighted by Gasteiger charge is 2.16. The summed E-state index contributed by atoms with van der Waals surface area (Å²) >= 11 is 0. The summed E-state index contributed by atoms with van der Waals surface area (Å²) in [6.45, 7) is 1.61. The van der Waals surface area contributed by atoms with Crippen LogP contribution in [-0.2, 0) is 0 Å². The fraction of sp³-hybridized carbons (Fsp3) is 0.200. The Bertz CT molecular complexity index is 492. The lowest BCUT2D eigenvalue weighted by Gasteiger charge is -2.07. The molecule has 0 aliphatic rings. The maximum atomic E-state index is 12.9. The number of hydrogen-bond donors (Lipinski definition) is 1. The van der Waals surface area contributed by atoms with E-state index in [4.69, 9.17) is 10.3 Å². The lowest BCUT2D eigenvalue weighted by molar-refractivity contribution is 0.385. The normalized spacial score (nSPS) is 12.8. The summed E-state index contributed by atoms with van der Waals surface area (Å²) in [4.78, 5) is 3.90. The summed E-state index contributed by atoms with van der Waals surface area (Å²) in [7, 11) is 0. The van der Waals surface area contributed by atoms with E-state index in [2.05, 4.69) is 10.1 Å². The molecule has 4 nitrogen and oxygen atoms in total.